The van der Waals surface area contributed by atoms with Gasteiger partial charge < -0.3 is 9.84 Å². The van der Waals surface area contributed by atoms with Crippen LogP contribution in [0.1, 0.15) is 61.4 Å². The largest absolute Gasteiger partial charge is 0.508 e. The maximum absolute atomic E-state index is 13.8. The van der Waals surface area contributed by atoms with E-state index in [1.54, 1.807) is 23.9 Å². The number of Topliss-reactive ketones (excluding diaryl/α,β-unsaturated/α-hetero) is 1. The highest BCUT2D eigenvalue weighted by molar-refractivity contribution is 9.10. The average Bonchev–Trinajstić information content (AvgIpc) is 3.08. The van der Waals surface area contributed by atoms with E-state index in [1.807, 2.05) is 30.3 Å². The first-order valence-electron chi connectivity index (χ1n) is 11.2. The maximum atomic E-state index is 13.8. The summed E-state index contributed by atoms with van der Waals surface area (Å²) in [5.41, 5.74) is 1.63. The van der Waals surface area contributed by atoms with E-state index < -0.39 is 0 Å². The number of halogens is 1. The van der Waals surface area contributed by atoms with Crippen LogP contribution >= 0.6 is 27.7 Å². The molecule has 0 spiro atoms. The first-order valence-corrected chi connectivity index (χ1v) is 12.9. The first kappa shape index (κ1) is 22.0. The lowest BCUT2D eigenvalue weighted by Gasteiger charge is -2.52. The van der Waals surface area contributed by atoms with Crippen molar-refractivity contribution in [1.82, 2.24) is 0 Å². The molecule has 4 nitrogen and oxygen atoms in total. The van der Waals surface area contributed by atoms with E-state index in [0.29, 0.717) is 11.5 Å². The van der Waals surface area contributed by atoms with Crippen molar-refractivity contribution in [3.8, 4) is 5.75 Å². The van der Waals surface area contributed by atoms with Gasteiger partial charge in [0.1, 0.15) is 11.9 Å². The van der Waals surface area contributed by atoms with Crippen molar-refractivity contribution in [2.45, 2.75) is 61.7 Å². The van der Waals surface area contributed by atoms with E-state index in [2.05, 4.69) is 22.9 Å². The van der Waals surface area contributed by atoms with Gasteiger partial charge >= 0.3 is 5.97 Å². The summed E-state index contributed by atoms with van der Waals surface area (Å²) in [7, 11) is 0. The molecule has 3 aliphatic carbocycles. The Balaban J connectivity index is 1.57. The summed E-state index contributed by atoms with van der Waals surface area (Å²) >= 11 is 5.13. The predicted molar refractivity (Wildman–Crippen MR) is 128 cm³/mol. The van der Waals surface area contributed by atoms with Crippen molar-refractivity contribution >= 4 is 39.4 Å². The fraction of sp³-hybridized carbons (Fsp3) is 0.462. The minimum absolute atomic E-state index is 0.0828. The normalized spacial score (nSPS) is 33.2. The molecule has 32 heavy (non-hydrogen) atoms. The van der Waals surface area contributed by atoms with Crippen molar-refractivity contribution in [2.75, 3.05) is 0 Å². The SMILES string of the molecule is CC(=O)OC1CC[C@H]2[C@@H]3C(Sc4ccc(Br)cc4)C(=O)c4cc(O)ccc4[C@H]3CC[C@]12C. The van der Waals surface area contributed by atoms with Gasteiger partial charge in [0.2, 0.25) is 0 Å². The Kier molecular flexibility index (Phi) is 5.65. The smallest absolute Gasteiger partial charge is 0.302 e. The van der Waals surface area contributed by atoms with Gasteiger partial charge in [-0.1, -0.05) is 28.9 Å². The molecule has 2 aromatic carbocycles. The van der Waals surface area contributed by atoms with Crippen molar-refractivity contribution in [3.63, 3.8) is 0 Å². The number of ketones is 1. The van der Waals surface area contributed by atoms with Crippen LogP contribution in [0.3, 0.4) is 0 Å². The highest BCUT2D eigenvalue weighted by Gasteiger charge is 2.59. The number of esters is 1. The lowest BCUT2D eigenvalue weighted by Crippen LogP contribution is -2.50. The van der Waals surface area contributed by atoms with Crippen LogP contribution in [0.25, 0.3) is 0 Å². The van der Waals surface area contributed by atoms with Gasteiger partial charge in [-0.3, -0.25) is 9.59 Å². The second-order valence-corrected chi connectivity index (χ2v) is 11.8. The Morgan fingerprint density at radius 2 is 1.91 bits per heavy atom. The van der Waals surface area contributed by atoms with E-state index in [-0.39, 0.29) is 46.1 Å². The van der Waals surface area contributed by atoms with Crippen molar-refractivity contribution in [1.29, 1.82) is 0 Å². The number of rotatable bonds is 3. The van der Waals surface area contributed by atoms with Crippen LogP contribution in [0.15, 0.2) is 51.8 Å². The standard InChI is InChI=1S/C26H27BrO4S/c1-14(28)31-22-10-9-21-23-19(11-12-26(21,22)2)18-8-5-16(29)13-20(18)24(30)25(23)32-17-6-3-15(27)4-7-17/h3-8,13,19,21-23,25,29H,9-12H2,1-2H3/t19-,21+,22?,23-,25?,26+/m1/s1. The molecule has 2 aromatic rings. The topological polar surface area (TPSA) is 63.6 Å². The van der Waals surface area contributed by atoms with Crippen LogP contribution in [-0.4, -0.2) is 28.2 Å². The zero-order chi connectivity index (χ0) is 22.6. The minimum atomic E-state index is -0.226. The number of carbonyl (C=O) groups excluding carboxylic acids is 2. The van der Waals surface area contributed by atoms with Crippen molar-refractivity contribution < 1.29 is 19.4 Å². The van der Waals surface area contributed by atoms with E-state index in [9.17, 15) is 14.7 Å². The van der Waals surface area contributed by atoms with Gasteiger partial charge in [-0.25, -0.2) is 0 Å². The van der Waals surface area contributed by atoms with E-state index in [4.69, 9.17) is 4.74 Å². The van der Waals surface area contributed by atoms with Crippen LogP contribution in [0.2, 0.25) is 0 Å². The summed E-state index contributed by atoms with van der Waals surface area (Å²) < 4.78 is 6.78. The summed E-state index contributed by atoms with van der Waals surface area (Å²) in [5, 5.41) is 9.88. The molecule has 2 saturated carbocycles. The molecule has 2 unspecified atom stereocenters. The number of phenolic OH excluding ortho intramolecular Hbond substituents is 1. The fourth-order valence-corrected chi connectivity index (χ4v) is 8.15. The molecule has 6 atom stereocenters. The second-order valence-electron chi connectivity index (χ2n) is 9.64. The predicted octanol–water partition coefficient (Wildman–Crippen LogP) is 6.35. The molecule has 6 heteroatoms. The Morgan fingerprint density at radius 1 is 1.16 bits per heavy atom. The second kappa shape index (κ2) is 8.21. The van der Waals surface area contributed by atoms with E-state index in [1.165, 1.54) is 6.92 Å². The quantitative estimate of drug-likeness (QED) is 0.483. The third-order valence-electron chi connectivity index (χ3n) is 7.94. The summed E-state index contributed by atoms with van der Waals surface area (Å²) in [6.45, 7) is 3.74. The number of aromatic hydroxyl groups is 1. The number of phenols is 1. The van der Waals surface area contributed by atoms with Crippen LogP contribution in [0.5, 0.6) is 5.75 Å². The number of fused-ring (bicyclic) bond motifs is 5. The molecule has 168 valence electrons. The zero-order valence-corrected chi connectivity index (χ0v) is 20.6. The van der Waals surface area contributed by atoms with Gasteiger partial charge in [0.05, 0.1) is 5.25 Å². The Morgan fingerprint density at radius 3 is 2.62 bits per heavy atom. The molecule has 0 heterocycles. The van der Waals surface area contributed by atoms with Crippen molar-refractivity contribution in [3.05, 3.63) is 58.1 Å². The summed E-state index contributed by atoms with van der Waals surface area (Å²) in [4.78, 5) is 26.7. The molecule has 3 aliphatic rings. The highest BCUT2D eigenvalue weighted by Crippen LogP contribution is 2.63. The molecular formula is C26H27BrO4S. The third-order valence-corrected chi connectivity index (χ3v) is 9.80. The summed E-state index contributed by atoms with van der Waals surface area (Å²) in [5.74, 6) is 0.771. The van der Waals surface area contributed by atoms with Gasteiger partial charge in [0.15, 0.2) is 5.78 Å². The van der Waals surface area contributed by atoms with Gasteiger partial charge in [0, 0.05) is 27.3 Å². The number of hydrogen-bond acceptors (Lipinski definition) is 5. The lowest BCUT2D eigenvalue weighted by molar-refractivity contribution is -0.154. The number of hydrogen-bond donors (Lipinski definition) is 1. The molecule has 0 aromatic heterocycles. The molecule has 0 amide bonds. The highest BCUT2D eigenvalue weighted by atomic mass is 79.9. The Bertz CT molecular complexity index is 1070. The monoisotopic (exact) mass is 514 g/mol. The summed E-state index contributed by atoms with van der Waals surface area (Å²) in [6, 6.07) is 13.4. The molecule has 0 aliphatic heterocycles. The molecule has 2 fully saturated rings. The van der Waals surface area contributed by atoms with E-state index in [0.717, 1.165) is 40.6 Å². The van der Waals surface area contributed by atoms with Gasteiger partial charge in [-0.2, -0.15) is 0 Å². The Hall–Kier alpha value is -1.79. The zero-order valence-electron chi connectivity index (χ0n) is 18.2. The van der Waals surface area contributed by atoms with Crippen molar-refractivity contribution in [2.24, 2.45) is 17.3 Å². The fourth-order valence-electron chi connectivity index (χ4n) is 6.53. The maximum Gasteiger partial charge on any atom is 0.302 e. The van der Waals surface area contributed by atoms with Crippen LogP contribution in [0.4, 0.5) is 0 Å². The molecular weight excluding hydrogens is 488 g/mol. The van der Waals surface area contributed by atoms with Crippen LogP contribution < -0.4 is 0 Å². The van der Waals surface area contributed by atoms with E-state index >= 15 is 0 Å². The first-order chi connectivity index (χ1) is 15.3. The van der Waals surface area contributed by atoms with Crippen LogP contribution in [-0.2, 0) is 9.53 Å². The third kappa shape index (κ3) is 3.60. The van der Waals surface area contributed by atoms with Gasteiger partial charge in [0.25, 0.3) is 0 Å². The number of ether oxygens (including phenoxy) is 1. The number of thioether (sulfide) groups is 1. The molecule has 1 N–H and O–H groups in total. The minimum Gasteiger partial charge on any atom is -0.508 e. The molecule has 0 saturated heterocycles. The number of benzene rings is 2. The molecule has 0 radical (unpaired) electrons. The Labute approximate surface area is 201 Å². The van der Waals surface area contributed by atoms with Crippen LogP contribution in [0, 0.1) is 17.3 Å². The van der Waals surface area contributed by atoms with Gasteiger partial charge in [-0.05, 0) is 85.4 Å². The molecule has 5 rings (SSSR count). The summed E-state index contributed by atoms with van der Waals surface area (Å²) in [6.07, 6.45) is 3.67. The number of carbonyl (C=O) groups is 2. The lowest BCUT2D eigenvalue weighted by atomic mass is 9.55. The average molecular weight is 515 g/mol. The molecule has 0 bridgehead atoms. The van der Waals surface area contributed by atoms with Gasteiger partial charge in [-0.15, -0.1) is 11.8 Å².